The molecular weight excluding hydrogens is 470 g/mol. The maximum Gasteiger partial charge on any atom is 0.261 e. The van der Waals surface area contributed by atoms with E-state index in [1.807, 2.05) is 29.2 Å². The van der Waals surface area contributed by atoms with E-state index in [2.05, 4.69) is 23.9 Å². The number of carbonyl (C=O) groups is 1. The third-order valence-corrected chi connectivity index (χ3v) is 8.40. The van der Waals surface area contributed by atoms with Crippen LogP contribution in [-0.2, 0) is 10.0 Å². The first-order chi connectivity index (χ1) is 17.4. The first-order valence-electron chi connectivity index (χ1n) is 13.1. The fraction of sp³-hybridized carbons (Fsp3) is 0.414. The van der Waals surface area contributed by atoms with Gasteiger partial charge in [0.25, 0.3) is 15.9 Å². The van der Waals surface area contributed by atoms with Gasteiger partial charge >= 0.3 is 0 Å². The van der Waals surface area contributed by atoms with Crippen LogP contribution < -0.4 is 10.0 Å². The molecule has 6 nitrogen and oxygen atoms in total. The van der Waals surface area contributed by atoms with E-state index in [1.165, 1.54) is 0 Å². The normalized spacial score (nSPS) is 16.8. The standard InChI is InChI=1S/C29H37N3O3S/c1-3-9-23(10-4-2)28-21-30-17-8-18-32(28)29(33)25-13-7-14-26(19-25)31-36(34,35)27-16-15-22-11-5-6-12-24(22)20-27/h5-7,11-16,19-20,23,28,30-31H,3-4,8-10,17-18,21H2,1-2H3. The number of sulfonamides is 1. The maximum absolute atomic E-state index is 13.7. The summed E-state index contributed by atoms with van der Waals surface area (Å²) in [6.45, 7) is 6.79. The van der Waals surface area contributed by atoms with E-state index >= 15 is 0 Å². The summed E-state index contributed by atoms with van der Waals surface area (Å²) in [6.07, 6.45) is 5.27. The molecule has 1 atom stereocenters. The lowest BCUT2D eigenvalue weighted by Crippen LogP contribution is -2.48. The van der Waals surface area contributed by atoms with Crippen molar-refractivity contribution in [3.63, 3.8) is 0 Å². The molecule has 0 aromatic heterocycles. The fourth-order valence-electron chi connectivity index (χ4n) is 5.27. The van der Waals surface area contributed by atoms with Gasteiger partial charge < -0.3 is 10.2 Å². The first-order valence-corrected chi connectivity index (χ1v) is 14.5. The van der Waals surface area contributed by atoms with E-state index in [4.69, 9.17) is 0 Å². The Morgan fingerprint density at radius 2 is 1.75 bits per heavy atom. The van der Waals surface area contributed by atoms with E-state index in [0.29, 0.717) is 23.7 Å². The summed E-state index contributed by atoms with van der Waals surface area (Å²) in [5, 5.41) is 5.36. The second-order valence-electron chi connectivity index (χ2n) is 9.66. The SMILES string of the molecule is CCCC(CCC)C1CNCCCN1C(=O)c1cccc(NS(=O)(=O)c2ccc3ccccc3c2)c1. The Labute approximate surface area is 215 Å². The van der Waals surface area contributed by atoms with Gasteiger partial charge in [0.1, 0.15) is 0 Å². The van der Waals surface area contributed by atoms with Gasteiger partial charge in [-0.2, -0.15) is 0 Å². The van der Waals surface area contributed by atoms with Crippen LogP contribution in [0.3, 0.4) is 0 Å². The van der Waals surface area contributed by atoms with Crippen molar-refractivity contribution >= 4 is 32.4 Å². The summed E-state index contributed by atoms with van der Waals surface area (Å²) >= 11 is 0. The van der Waals surface area contributed by atoms with E-state index in [1.54, 1.807) is 42.5 Å². The Bertz CT molecular complexity index is 1290. The molecular formula is C29H37N3O3S. The summed E-state index contributed by atoms with van der Waals surface area (Å²) in [7, 11) is -3.80. The van der Waals surface area contributed by atoms with Gasteiger partial charge in [-0.15, -0.1) is 0 Å². The van der Waals surface area contributed by atoms with Crippen LogP contribution in [0.25, 0.3) is 10.8 Å². The molecule has 1 heterocycles. The topological polar surface area (TPSA) is 78.5 Å². The minimum absolute atomic E-state index is 0.0346. The number of fused-ring (bicyclic) bond motifs is 1. The molecule has 0 aliphatic carbocycles. The fourth-order valence-corrected chi connectivity index (χ4v) is 6.36. The second kappa shape index (κ2) is 11.9. The summed E-state index contributed by atoms with van der Waals surface area (Å²) in [4.78, 5) is 15.9. The van der Waals surface area contributed by atoms with Crippen LogP contribution in [0, 0.1) is 5.92 Å². The summed E-state index contributed by atoms with van der Waals surface area (Å²) in [6, 6.07) is 19.7. The van der Waals surface area contributed by atoms with Gasteiger partial charge in [-0.3, -0.25) is 9.52 Å². The lowest BCUT2D eigenvalue weighted by Gasteiger charge is -2.36. The van der Waals surface area contributed by atoms with Gasteiger partial charge in [0.05, 0.1) is 4.90 Å². The van der Waals surface area contributed by atoms with E-state index in [-0.39, 0.29) is 16.8 Å². The van der Waals surface area contributed by atoms with Crippen molar-refractivity contribution in [3.05, 3.63) is 72.3 Å². The van der Waals surface area contributed by atoms with Gasteiger partial charge in [-0.05, 0) is 72.8 Å². The number of anilines is 1. The van der Waals surface area contributed by atoms with E-state index in [0.717, 1.165) is 56.0 Å². The third-order valence-electron chi connectivity index (χ3n) is 7.02. The largest absolute Gasteiger partial charge is 0.334 e. The number of benzene rings is 3. The molecule has 0 spiro atoms. The molecule has 1 fully saturated rings. The van der Waals surface area contributed by atoms with Crippen molar-refractivity contribution in [1.29, 1.82) is 0 Å². The van der Waals surface area contributed by atoms with Crippen molar-refractivity contribution in [2.24, 2.45) is 5.92 Å². The lowest BCUT2D eigenvalue weighted by atomic mass is 9.89. The number of hydrogen-bond donors (Lipinski definition) is 2. The monoisotopic (exact) mass is 507 g/mol. The average molecular weight is 508 g/mol. The average Bonchev–Trinajstić information content (AvgIpc) is 3.14. The molecule has 1 unspecified atom stereocenters. The van der Waals surface area contributed by atoms with Crippen LogP contribution in [-0.4, -0.2) is 44.9 Å². The minimum atomic E-state index is -3.80. The maximum atomic E-state index is 13.7. The quantitative estimate of drug-likeness (QED) is 0.392. The molecule has 3 aromatic carbocycles. The number of amides is 1. The molecule has 1 saturated heterocycles. The lowest BCUT2D eigenvalue weighted by molar-refractivity contribution is 0.0611. The highest BCUT2D eigenvalue weighted by Crippen LogP contribution is 2.26. The zero-order valence-corrected chi connectivity index (χ0v) is 22.1. The molecule has 36 heavy (non-hydrogen) atoms. The van der Waals surface area contributed by atoms with Gasteiger partial charge in [-0.1, -0.05) is 63.1 Å². The predicted molar refractivity (Wildman–Crippen MR) is 147 cm³/mol. The second-order valence-corrected chi connectivity index (χ2v) is 11.3. The zero-order chi connectivity index (χ0) is 25.5. The minimum Gasteiger partial charge on any atom is -0.334 e. The highest BCUT2D eigenvalue weighted by molar-refractivity contribution is 7.92. The third kappa shape index (κ3) is 6.08. The zero-order valence-electron chi connectivity index (χ0n) is 21.2. The van der Waals surface area contributed by atoms with Gasteiger partial charge in [-0.25, -0.2) is 8.42 Å². The smallest absolute Gasteiger partial charge is 0.261 e. The van der Waals surface area contributed by atoms with Crippen molar-refractivity contribution < 1.29 is 13.2 Å². The van der Waals surface area contributed by atoms with Crippen LogP contribution >= 0.6 is 0 Å². The molecule has 0 saturated carbocycles. The van der Waals surface area contributed by atoms with Gasteiger partial charge in [0.15, 0.2) is 0 Å². The summed E-state index contributed by atoms with van der Waals surface area (Å²) < 4.78 is 29.0. The van der Waals surface area contributed by atoms with Crippen molar-refractivity contribution in [2.45, 2.75) is 56.9 Å². The molecule has 4 rings (SSSR count). The van der Waals surface area contributed by atoms with Crippen LogP contribution in [0.2, 0.25) is 0 Å². The van der Waals surface area contributed by atoms with Gasteiger partial charge in [0, 0.05) is 30.4 Å². The molecule has 192 valence electrons. The van der Waals surface area contributed by atoms with Crippen molar-refractivity contribution in [3.8, 4) is 0 Å². The number of nitrogens with zero attached hydrogens (tertiary/aromatic N) is 1. The van der Waals surface area contributed by atoms with Crippen LogP contribution in [0.4, 0.5) is 5.69 Å². The number of rotatable bonds is 9. The molecule has 3 aromatic rings. The van der Waals surface area contributed by atoms with E-state index < -0.39 is 10.0 Å². The molecule has 1 aliphatic rings. The highest BCUT2D eigenvalue weighted by Gasteiger charge is 2.31. The summed E-state index contributed by atoms with van der Waals surface area (Å²) in [5.74, 6) is 0.414. The van der Waals surface area contributed by atoms with Crippen molar-refractivity contribution in [1.82, 2.24) is 10.2 Å². The number of nitrogens with one attached hydrogen (secondary N) is 2. The number of carbonyl (C=O) groups excluding carboxylic acids is 1. The molecule has 0 radical (unpaired) electrons. The Morgan fingerprint density at radius 1 is 1.00 bits per heavy atom. The number of hydrogen-bond acceptors (Lipinski definition) is 4. The highest BCUT2D eigenvalue weighted by atomic mass is 32.2. The van der Waals surface area contributed by atoms with Gasteiger partial charge in [0.2, 0.25) is 0 Å². The molecule has 1 amide bonds. The Balaban J connectivity index is 1.57. The summed E-state index contributed by atoms with van der Waals surface area (Å²) in [5.41, 5.74) is 0.893. The molecule has 2 N–H and O–H groups in total. The Kier molecular flexibility index (Phi) is 8.64. The van der Waals surface area contributed by atoms with Crippen LogP contribution in [0.15, 0.2) is 71.6 Å². The Hall–Kier alpha value is -2.90. The van der Waals surface area contributed by atoms with Crippen molar-refractivity contribution in [2.75, 3.05) is 24.4 Å². The molecule has 1 aliphatic heterocycles. The van der Waals surface area contributed by atoms with Crippen LogP contribution in [0.1, 0.15) is 56.3 Å². The first kappa shape index (κ1) is 26.2. The molecule has 7 heteroatoms. The Morgan fingerprint density at radius 3 is 2.50 bits per heavy atom. The predicted octanol–water partition coefficient (Wildman–Crippen LogP) is 5.66. The molecule has 0 bridgehead atoms. The van der Waals surface area contributed by atoms with Crippen LogP contribution in [0.5, 0.6) is 0 Å². The van der Waals surface area contributed by atoms with E-state index in [9.17, 15) is 13.2 Å².